The number of aromatic nitrogens is 3. The minimum atomic E-state index is -0.604. The van der Waals surface area contributed by atoms with Crippen LogP contribution < -0.4 is 10.9 Å². The van der Waals surface area contributed by atoms with Crippen molar-refractivity contribution in [2.45, 2.75) is 19.3 Å². The summed E-state index contributed by atoms with van der Waals surface area (Å²) in [5.74, 6) is -1.22. The quantitative estimate of drug-likeness (QED) is 0.608. The molecule has 1 aliphatic heterocycles. The van der Waals surface area contributed by atoms with Gasteiger partial charge in [-0.15, -0.1) is 0 Å². The largest absolute Gasteiger partial charge is 0.464 e. The van der Waals surface area contributed by atoms with Gasteiger partial charge in [0, 0.05) is 29.0 Å². The van der Waals surface area contributed by atoms with Crippen LogP contribution in [-0.4, -0.2) is 34.2 Å². The zero-order valence-electron chi connectivity index (χ0n) is 14.2. The van der Waals surface area contributed by atoms with Gasteiger partial charge in [-0.1, -0.05) is 12.1 Å². The molecule has 0 saturated carbocycles. The van der Waals surface area contributed by atoms with Crippen molar-refractivity contribution in [3.8, 4) is 0 Å². The van der Waals surface area contributed by atoms with Crippen LogP contribution in [0.3, 0.4) is 0 Å². The van der Waals surface area contributed by atoms with Gasteiger partial charge in [-0.2, -0.15) is 5.10 Å². The maximum Gasteiger partial charge on any atom is 0.356 e. The van der Waals surface area contributed by atoms with E-state index in [1.165, 1.54) is 7.11 Å². The Kier molecular flexibility index (Phi) is 3.61. The molecule has 132 valence electrons. The molecule has 8 nitrogen and oxygen atoms in total. The number of nitrogens with zero attached hydrogens (tertiary/aromatic N) is 1. The number of hydrogen-bond donors (Lipinski definition) is 3. The van der Waals surface area contributed by atoms with Gasteiger partial charge in [0.15, 0.2) is 5.82 Å². The molecule has 1 amide bonds. The van der Waals surface area contributed by atoms with Gasteiger partial charge in [0.05, 0.1) is 7.11 Å². The molecule has 26 heavy (non-hydrogen) atoms. The van der Waals surface area contributed by atoms with E-state index in [-0.39, 0.29) is 29.4 Å². The lowest BCUT2D eigenvalue weighted by atomic mass is 9.85. The molecule has 0 saturated heterocycles. The van der Waals surface area contributed by atoms with Crippen molar-refractivity contribution in [3.05, 3.63) is 57.0 Å². The molecule has 0 radical (unpaired) electrons. The molecule has 0 fully saturated rings. The number of nitrogens with one attached hydrogen (secondary N) is 3. The van der Waals surface area contributed by atoms with Gasteiger partial charge in [0.2, 0.25) is 5.91 Å². The number of aromatic amines is 2. The van der Waals surface area contributed by atoms with E-state index in [2.05, 4.69) is 20.5 Å². The van der Waals surface area contributed by atoms with Crippen LogP contribution in [0.15, 0.2) is 29.1 Å². The lowest BCUT2D eigenvalue weighted by molar-refractivity contribution is -0.116. The summed E-state index contributed by atoms with van der Waals surface area (Å²) in [7, 11) is 1.26. The Morgan fingerprint density at radius 3 is 2.85 bits per heavy atom. The van der Waals surface area contributed by atoms with Crippen LogP contribution in [0.1, 0.15) is 39.5 Å². The van der Waals surface area contributed by atoms with Crippen LogP contribution in [0.4, 0.5) is 5.82 Å². The number of benzene rings is 1. The summed E-state index contributed by atoms with van der Waals surface area (Å²) < 4.78 is 4.78. The predicted molar refractivity (Wildman–Crippen MR) is 94.3 cm³/mol. The number of rotatable bonds is 2. The highest BCUT2D eigenvalue weighted by Gasteiger charge is 2.35. The fourth-order valence-electron chi connectivity index (χ4n) is 3.37. The third kappa shape index (κ3) is 2.46. The second-order valence-electron chi connectivity index (χ2n) is 6.30. The molecule has 4 rings (SSSR count). The molecule has 8 heteroatoms. The van der Waals surface area contributed by atoms with E-state index in [0.717, 1.165) is 16.5 Å². The Hall–Kier alpha value is -3.42. The standard InChI is InChI=1S/C18H16N4O4/c1-8-3-4-9-6-11(17(24)19-12(9)5-8)10-7-13(23)20-16-14(10)15(21-22-16)18(25)26-2/h3-6,10H,7H2,1-2H3,(H,19,24)(H2,20,21,22,23). The number of carbonyl (C=O) groups excluding carboxylic acids is 2. The average Bonchev–Trinajstić information content (AvgIpc) is 3.03. The second kappa shape index (κ2) is 5.83. The number of ether oxygens (including phenoxy) is 1. The van der Waals surface area contributed by atoms with E-state index in [1.807, 2.05) is 25.1 Å². The Balaban J connectivity index is 1.93. The number of carbonyl (C=O) groups is 2. The molecule has 1 unspecified atom stereocenters. The van der Waals surface area contributed by atoms with Gasteiger partial charge in [-0.25, -0.2) is 4.79 Å². The Morgan fingerprint density at radius 2 is 2.08 bits per heavy atom. The van der Waals surface area contributed by atoms with Crippen molar-refractivity contribution in [3.63, 3.8) is 0 Å². The number of H-pyrrole nitrogens is 2. The van der Waals surface area contributed by atoms with Crippen molar-refractivity contribution in [1.82, 2.24) is 15.2 Å². The number of fused-ring (bicyclic) bond motifs is 2. The second-order valence-corrected chi connectivity index (χ2v) is 6.30. The lowest BCUT2D eigenvalue weighted by Crippen LogP contribution is -2.28. The number of methoxy groups -OCH3 is 1. The van der Waals surface area contributed by atoms with E-state index in [0.29, 0.717) is 11.1 Å². The molecule has 2 aromatic heterocycles. The molecule has 0 aliphatic carbocycles. The van der Waals surface area contributed by atoms with Gasteiger partial charge in [-0.3, -0.25) is 14.7 Å². The maximum absolute atomic E-state index is 12.7. The fraction of sp³-hybridized carbons (Fsp3) is 0.222. The molecule has 3 N–H and O–H groups in total. The lowest BCUT2D eigenvalue weighted by Gasteiger charge is -2.22. The predicted octanol–water partition coefficient (Wildman–Crippen LogP) is 1.82. The third-order valence-electron chi connectivity index (χ3n) is 4.59. The minimum Gasteiger partial charge on any atom is -0.464 e. The normalized spacial score (nSPS) is 16.2. The van der Waals surface area contributed by atoms with Crippen molar-refractivity contribution in [2.75, 3.05) is 12.4 Å². The van der Waals surface area contributed by atoms with Crippen LogP contribution in [-0.2, 0) is 9.53 Å². The number of aryl methyl sites for hydroxylation is 1. The van der Waals surface area contributed by atoms with E-state index < -0.39 is 11.9 Å². The van der Waals surface area contributed by atoms with Gasteiger partial charge in [0.1, 0.15) is 5.69 Å². The number of pyridine rings is 1. The molecule has 3 heterocycles. The molecule has 1 atom stereocenters. The topological polar surface area (TPSA) is 117 Å². The zero-order chi connectivity index (χ0) is 18.4. The first-order chi connectivity index (χ1) is 12.5. The van der Waals surface area contributed by atoms with Gasteiger partial charge < -0.3 is 15.0 Å². The van der Waals surface area contributed by atoms with Crippen molar-refractivity contribution in [2.24, 2.45) is 0 Å². The molecule has 0 spiro atoms. The van der Waals surface area contributed by atoms with Crippen molar-refractivity contribution >= 4 is 28.6 Å². The first kappa shape index (κ1) is 16.1. The smallest absolute Gasteiger partial charge is 0.356 e. The number of amides is 1. The monoisotopic (exact) mass is 352 g/mol. The summed E-state index contributed by atoms with van der Waals surface area (Å²) in [6.07, 6.45) is 0.0387. The molecule has 3 aromatic rings. The van der Waals surface area contributed by atoms with Crippen LogP contribution in [0.2, 0.25) is 0 Å². The molecular formula is C18H16N4O4. The Morgan fingerprint density at radius 1 is 1.27 bits per heavy atom. The molecule has 1 aromatic carbocycles. The summed E-state index contributed by atoms with van der Waals surface area (Å²) in [6.45, 7) is 1.94. The Bertz CT molecular complexity index is 1110. The molecular weight excluding hydrogens is 336 g/mol. The van der Waals surface area contributed by atoms with Gasteiger partial charge >= 0.3 is 5.97 Å². The third-order valence-corrected chi connectivity index (χ3v) is 4.59. The summed E-state index contributed by atoms with van der Waals surface area (Å²) >= 11 is 0. The minimum absolute atomic E-state index is 0.0387. The summed E-state index contributed by atoms with van der Waals surface area (Å²) in [4.78, 5) is 39.7. The highest BCUT2D eigenvalue weighted by molar-refractivity contribution is 5.99. The van der Waals surface area contributed by atoms with Crippen LogP contribution in [0.5, 0.6) is 0 Å². The Labute approximate surface area is 147 Å². The van der Waals surface area contributed by atoms with E-state index in [9.17, 15) is 14.4 Å². The van der Waals surface area contributed by atoms with Crippen LogP contribution >= 0.6 is 0 Å². The number of anilines is 1. The SMILES string of the molecule is COC(=O)c1[nH]nc2c1C(c1cc3ccc(C)cc3[nH]c1=O)CC(=O)N2. The van der Waals surface area contributed by atoms with E-state index in [4.69, 9.17) is 4.74 Å². The number of hydrogen-bond acceptors (Lipinski definition) is 5. The van der Waals surface area contributed by atoms with Gasteiger partial charge in [-0.05, 0) is 30.0 Å². The van der Waals surface area contributed by atoms with Gasteiger partial charge in [0.25, 0.3) is 5.56 Å². The first-order valence-corrected chi connectivity index (χ1v) is 8.08. The van der Waals surface area contributed by atoms with Crippen LogP contribution in [0, 0.1) is 6.92 Å². The summed E-state index contributed by atoms with van der Waals surface area (Å²) in [5, 5.41) is 10.1. The summed E-state index contributed by atoms with van der Waals surface area (Å²) in [5.41, 5.74) is 2.46. The zero-order valence-corrected chi connectivity index (χ0v) is 14.2. The van der Waals surface area contributed by atoms with E-state index in [1.54, 1.807) is 6.07 Å². The molecule has 0 bridgehead atoms. The number of esters is 1. The summed E-state index contributed by atoms with van der Waals surface area (Å²) in [6, 6.07) is 7.50. The fourth-order valence-corrected chi connectivity index (χ4v) is 3.37. The maximum atomic E-state index is 12.7. The van der Waals surface area contributed by atoms with Crippen LogP contribution in [0.25, 0.3) is 10.9 Å². The van der Waals surface area contributed by atoms with Crippen molar-refractivity contribution in [1.29, 1.82) is 0 Å². The average molecular weight is 352 g/mol. The highest BCUT2D eigenvalue weighted by Crippen LogP contribution is 2.37. The molecule has 1 aliphatic rings. The first-order valence-electron chi connectivity index (χ1n) is 8.08. The van der Waals surface area contributed by atoms with E-state index >= 15 is 0 Å². The highest BCUT2D eigenvalue weighted by atomic mass is 16.5. The van der Waals surface area contributed by atoms with Crippen molar-refractivity contribution < 1.29 is 14.3 Å².